The van der Waals surface area contributed by atoms with E-state index in [9.17, 15) is 0 Å². The van der Waals surface area contributed by atoms with Crippen LogP contribution in [0.2, 0.25) is 5.28 Å². The van der Waals surface area contributed by atoms with Gasteiger partial charge in [0.25, 0.3) is 0 Å². The van der Waals surface area contributed by atoms with Gasteiger partial charge in [0.15, 0.2) is 0 Å². The first-order valence-electron chi connectivity index (χ1n) is 7.41. The minimum atomic E-state index is 0.0945. The molecule has 0 saturated heterocycles. The number of anilines is 2. The Morgan fingerprint density at radius 1 is 1.17 bits per heavy atom. The van der Waals surface area contributed by atoms with Crippen LogP contribution in [0.1, 0.15) is 24.3 Å². The van der Waals surface area contributed by atoms with E-state index in [-0.39, 0.29) is 11.4 Å². The Morgan fingerprint density at radius 3 is 2.65 bits per heavy atom. The number of aromatic nitrogens is 2. The minimum Gasteiger partial charge on any atom is -0.489 e. The van der Waals surface area contributed by atoms with Gasteiger partial charge in [0.05, 0.1) is 17.2 Å². The number of nitrogens with zero attached hydrogens (tertiary/aromatic N) is 2. The Morgan fingerprint density at radius 2 is 1.91 bits per heavy atom. The number of hydrogen-bond acceptors (Lipinski definition) is 5. The summed E-state index contributed by atoms with van der Waals surface area (Å²) in [5.74, 6) is 1.50. The zero-order valence-electron chi connectivity index (χ0n) is 13.5. The number of halogens is 1. The van der Waals surface area contributed by atoms with Crippen molar-refractivity contribution in [1.29, 1.82) is 0 Å². The first kappa shape index (κ1) is 16.0. The fourth-order valence-corrected chi connectivity index (χ4v) is 3.62. The van der Waals surface area contributed by atoms with Crippen molar-refractivity contribution in [2.75, 3.05) is 5.32 Å². The summed E-state index contributed by atoms with van der Waals surface area (Å²) in [4.78, 5) is 10.8. The molecule has 0 fully saturated rings. The molecular weight excluding hydrogens is 330 g/mol. The van der Waals surface area contributed by atoms with E-state index in [4.69, 9.17) is 16.3 Å². The van der Waals surface area contributed by atoms with E-state index in [0.717, 1.165) is 21.7 Å². The molecule has 6 heteroatoms. The molecule has 120 valence electrons. The average Bonchev–Trinajstić information content (AvgIpc) is 2.75. The second kappa shape index (κ2) is 6.34. The van der Waals surface area contributed by atoms with Gasteiger partial charge in [-0.3, -0.25) is 0 Å². The molecule has 0 amide bonds. The molecule has 23 heavy (non-hydrogen) atoms. The number of benzene rings is 1. The van der Waals surface area contributed by atoms with Gasteiger partial charge in [-0.25, -0.2) is 4.98 Å². The van der Waals surface area contributed by atoms with Gasteiger partial charge in [-0.15, -0.1) is 11.3 Å². The number of thiophene rings is 1. The molecule has 0 spiro atoms. The molecule has 0 saturated carbocycles. The molecule has 0 bridgehead atoms. The first-order valence-corrected chi connectivity index (χ1v) is 8.61. The molecule has 0 unspecified atom stereocenters. The summed E-state index contributed by atoms with van der Waals surface area (Å²) in [7, 11) is 0. The van der Waals surface area contributed by atoms with Crippen molar-refractivity contribution in [3.05, 3.63) is 40.0 Å². The number of nitrogens with one attached hydrogen (secondary N) is 1. The highest BCUT2D eigenvalue weighted by Crippen LogP contribution is 2.37. The van der Waals surface area contributed by atoms with Crippen LogP contribution < -0.4 is 10.1 Å². The molecule has 3 aromatic rings. The molecule has 1 N–H and O–H groups in total. The maximum Gasteiger partial charge on any atom is 0.225 e. The number of rotatable bonds is 4. The second-order valence-corrected chi connectivity index (χ2v) is 7.13. The maximum atomic E-state index is 6.09. The molecule has 1 aromatic carbocycles. The minimum absolute atomic E-state index is 0.0945. The smallest absolute Gasteiger partial charge is 0.225 e. The van der Waals surface area contributed by atoms with E-state index < -0.39 is 0 Å². The third-order valence-corrected chi connectivity index (χ3v) is 4.77. The Balaban J connectivity index is 2.09. The summed E-state index contributed by atoms with van der Waals surface area (Å²) >= 11 is 7.71. The van der Waals surface area contributed by atoms with Gasteiger partial charge < -0.3 is 10.1 Å². The van der Waals surface area contributed by atoms with Crippen molar-refractivity contribution in [3.63, 3.8) is 0 Å². The Hall–Kier alpha value is -1.85. The highest BCUT2D eigenvalue weighted by atomic mass is 35.5. The molecular formula is C17H18ClN3OS. The van der Waals surface area contributed by atoms with Gasteiger partial charge in [0.1, 0.15) is 16.4 Å². The lowest BCUT2D eigenvalue weighted by Crippen LogP contribution is -2.07. The molecule has 0 aliphatic heterocycles. The standard InChI is InChI=1S/C17H18ClN3OS/c1-9(2)22-13-8-6-5-7-12(13)19-15-14-10(3)11(4)23-16(14)21-17(18)20-15/h5-9H,1-4H3,(H,19,20,21). The van der Waals surface area contributed by atoms with Crippen LogP contribution in [-0.4, -0.2) is 16.1 Å². The number of fused-ring (bicyclic) bond motifs is 1. The van der Waals surface area contributed by atoms with Crippen LogP contribution in [0, 0.1) is 13.8 Å². The highest BCUT2D eigenvalue weighted by Gasteiger charge is 2.15. The van der Waals surface area contributed by atoms with E-state index in [0.29, 0.717) is 5.82 Å². The normalized spacial score (nSPS) is 11.2. The van der Waals surface area contributed by atoms with Gasteiger partial charge in [0, 0.05) is 4.88 Å². The molecule has 0 atom stereocenters. The zero-order chi connectivity index (χ0) is 16.6. The van der Waals surface area contributed by atoms with Crippen LogP contribution >= 0.6 is 22.9 Å². The van der Waals surface area contributed by atoms with Gasteiger partial charge in [-0.05, 0) is 57.0 Å². The third-order valence-electron chi connectivity index (χ3n) is 3.50. The van der Waals surface area contributed by atoms with Crippen molar-refractivity contribution >= 4 is 44.7 Å². The van der Waals surface area contributed by atoms with Crippen molar-refractivity contribution in [3.8, 4) is 5.75 Å². The van der Waals surface area contributed by atoms with Crippen LogP contribution in [0.25, 0.3) is 10.2 Å². The first-order chi connectivity index (χ1) is 11.0. The van der Waals surface area contributed by atoms with Crippen LogP contribution in [0.15, 0.2) is 24.3 Å². The van der Waals surface area contributed by atoms with Gasteiger partial charge in [-0.1, -0.05) is 12.1 Å². The summed E-state index contributed by atoms with van der Waals surface area (Å²) in [6.45, 7) is 8.16. The van der Waals surface area contributed by atoms with Crippen LogP contribution in [0.3, 0.4) is 0 Å². The van der Waals surface area contributed by atoms with Crippen molar-refractivity contribution in [2.45, 2.75) is 33.8 Å². The summed E-state index contributed by atoms with van der Waals surface area (Å²) in [6.07, 6.45) is 0.0945. The third kappa shape index (κ3) is 3.26. The number of ether oxygens (including phenoxy) is 1. The molecule has 0 aliphatic carbocycles. The van der Waals surface area contributed by atoms with Crippen molar-refractivity contribution in [1.82, 2.24) is 9.97 Å². The molecule has 4 nitrogen and oxygen atoms in total. The molecule has 3 rings (SSSR count). The zero-order valence-corrected chi connectivity index (χ0v) is 15.0. The van der Waals surface area contributed by atoms with Crippen LogP contribution in [0.4, 0.5) is 11.5 Å². The van der Waals surface area contributed by atoms with E-state index in [1.165, 1.54) is 10.4 Å². The fourth-order valence-electron chi connectivity index (χ4n) is 2.37. The van der Waals surface area contributed by atoms with Gasteiger partial charge >= 0.3 is 0 Å². The van der Waals surface area contributed by atoms with E-state index in [1.54, 1.807) is 11.3 Å². The second-order valence-electron chi connectivity index (χ2n) is 5.59. The predicted molar refractivity (Wildman–Crippen MR) is 97.4 cm³/mol. The van der Waals surface area contributed by atoms with Gasteiger partial charge in [-0.2, -0.15) is 4.98 Å². The Bertz CT molecular complexity index is 860. The number of para-hydroxylation sites is 2. The monoisotopic (exact) mass is 347 g/mol. The average molecular weight is 348 g/mol. The van der Waals surface area contributed by atoms with Crippen LogP contribution in [0.5, 0.6) is 5.75 Å². The van der Waals surface area contributed by atoms with Crippen molar-refractivity contribution in [2.24, 2.45) is 0 Å². The number of aryl methyl sites for hydroxylation is 2. The molecule has 2 aromatic heterocycles. The van der Waals surface area contributed by atoms with E-state index >= 15 is 0 Å². The summed E-state index contributed by atoms with van der Waals surface area (Å²) in [5, 5.41) is 4.61. The Kier molecular flexibility index (Phi) is 4.41. The highest BCUT2D eigenvalue weighted by molar-refractivity contribution is 7.18. The quantitative estimate of drug-likeness (QED) is 0.634. The summed E-state index contributed by atoms with van der Waals surface area (Å²) in [5.41, 5.74) is 2.03. The van der Waals surface area contributed by atoms with Gasteiger partial charge in [0.2, 0.25) is 5.28 Å². The summed E-state index contributed by atoms with van der Waals surface area (Å²) in [6, 6.07) is 7.81. The predicted octanol–water partition coefficient (Wildman–Crippen LogP) is 5.49. The lowest BCUT2D eigenvalue weighted by Gasteiger charge is -2.15. The fraction of sp³-hybridized carbons (Fsp3) is 0.294. The topological polar surface area (TPSA) is 47.0 Å². The summed E-state index contributed by atoms with van der Waals surface area (Å²) < 4.78 is 5.86. The Labute approximate surface area is 144 Å². The van der Waals surface area contributed by atoms with E-state index in [2.05, 4.69) is 29.1 Å². The lowest BCUT2D eigenvalue weighted by atomic mass is 10.2. The largest absolute Gasteiger partial charge is 0.489 e. The van der Waals surface area contributed by atoms with E-state index in [1.807, 2.05) is 38.1 Å². The SMILES string of the molecule is Cc1sc2nc(Cl)nc(Nc3ccccc3OC(C)C)c2c1C. The van der Waals surface area contributed by atoms with Crippen molar-refractivity contribution < 1.29 is 4.74 Å². The lowest BCUT2D eigenvalue weighted by molar-refractivity contribution is 0.244. The number of hydrogen-bond donors (Lipinski definition) is 1. The maximum absolute atomic E-state index is 6.09. The molecule has 2 heterocycles. The molecule has 0 aliphatic rings. The van der Waals surface area contributed by atoms with Crippen LogP contribution in [-0.2, 0) is 0 Å². The molecule has 0 radical (unpaired) electrons.